The summed E-state index contributed by atoms with van der Waals surface area (Å²) in [5.74, 6) is -0.818. The van der Waals surface area contributed by atoms with E-state index in [9.17, 15) is 14.0 Å². The van der Waals surface area contributed by atoms with E-state index in [1.165, 1.54) is 17.7 Å². The van der Waals surface area contributed by atoms with Crippen LogP contribution in [0.1, 0.15) is 17.5 Å². The lowest BCUT2D eigenvalue weighted by molar-refractivity contribution is -0.116. The first kappa shape index (κ1) is 17.0. The van der Waals surface area contributed by atoms with Gasteiger partial charge in [-0.05, 0) is 29.7 Å². The minimum atomic E-state index is -0.480. The maximum absolute atomic E-state index is 13.5. The molecule has 0 radical (unpaired) electrons. The smallest absolute Gasteiger partial charge is 0.317 e. The highest BCUT2D eigenvalue weighted by Crippen LogP contribution is 2.18. The standard InChI is InChI=1S/C19H20FN3O2/c20-16-7-3-4-8-17(16)22-18(24)9-11-21-19(25)23-12-10-14-5-1-2-6-15(14)13-23/h1-8H,9-13H2,(H,21,25)(H,22,24). The molecule has 0 saturated carbocycles. The maximum Gasteiger partial charge on any atom is 0.317 e. The van der Waals surface area contributed by atoms with Gasteiger partial charge in [-0.25, -0.2) is 9.18 Å². The van der Waals surface area contributed by atoms with Gasteiger partial charge in [0.25, 0.3) is 0 Å². The zero-order valence-electron chi connectivity index (χ0n) is 13.8. The van der Waals surface area contributed by atoms with E-state index in [0.29, 0.717) is 13.1 Å². The molecule has 1 aliphatic rings. The number of amides is 3. The third kappa shape index (κ3) is 4.35. The van der Waals surface area contributed by atoms with E-state index in [2.05, 4.69) is 16.7 Å². The summed E-state index contributed by atoms with van der Waals surface area (Å²) in [4.78, 5) is 25.8. The lowest BCUT2D eigenvalue weighted by Gasteiger charge is -2.28. The molecule has 0 atom stereocenters. The molecule has 0 fully saturated rings. The van der Waals surface area contributed by atoms with Crippen LogP contribution in [-0.2, 0) is 17.8 Å². The van der Waals surface area contributed by atoms with Crippen molar-refractivity contribution in [2.75, 3.05) is 18.4 Å². The van der Waals surface area contributed by atoms with Gasteiger partial charge < -0.3 is 15.5 Å². The van der Waals surface area contributed by atoms with E-state index < -0.39 is 5.82 Å². The molecule has 2 aromatic rings. The number of halogens is 1. The number of para-hydroxylation sites is 1. The summed E-state index contributed by atoms with van der Waals surface area (Å²) in [5.41, 5.74) is 2.57. The molecule has 1 heterocycles. The van der Waals surface area contributed by atoms with Crippen molar-refractivity contribution in [1.82, 2.24) is 10.2 Å². The van der Waals surface area contributed by atoms with Gasteiger partial charge in [0.1, 0.15) is 5.82 Å². The van der Waals surface area contributed by atoms with Crippen LogP contribution in [0.3, 0.4) is 0 Å². The molecule has 6 heteroatoms. The molecule has 0 spiro atoms. The number of nitrogens with zero attached hydrogens (tertiary/aromatic N) is 1. The zero-order chi connectivity index (χ0) is 17.6. The quantitative estimate of drug-likeness (QED) is 0.898. The van der Waals surface area contributed by atoms with Gasteiger partial charge in [0, 0.05) is 26.1 Å². The zero-order valence-corrected chi connectivity index (χ0v) is 13.8. The van der Waals surface area contributed by atoms with Crippen molar-refractivity contribution in [3.63, 3.8) is 0 Å². The van der Waals surface area contributed by atoms with E-state index in [1.54, 1.807) is 17.0 Å². The lowest BCUT2D eigenvalue weighted by atomic mass is 10.0. The fourth-order valence-corrected chi connectivity index (χ4v) is 2.84. The van der Waals surface area contributed by atoms with Crippen molar-refractivity contribution >= 4 is 17.6 Å². The van der Waals surface area contributed by atoms with Crippen molar-refractivity contribution < 1.29 is 14.0 Å². The van der Waals surface area contributed by atoms with E-state index in [-0.39, 0.29) is 30.6 Å². The predicted molar refractivity (Wildman–Crippen MR) is 93.6 cm³/mol. The Morgan fingerprint density at radius 2 is 1.76 bits per heavy atom. The monoisotopic (exact) mass is 341 g/mol. The second-order valence-corrected chi connectivity index (χ2v) is 5.95. The topological polar surface area (TPSA) is 61.4 Å². The fraction of sp³-hybridized carbons (Fsp3) is 0.263. The normalized spacial score (nSPS) is 13.1. The Bertz CT molecular complexity index is 779. The summed E-state index contributed by atoms with van der Waals surface area (Å²) in [6.07, 6.45) is 0.919. The third-order valence-electron chi connectivity index (χ3n) is 4.19. The molecule has 0 aliphatic carbocycles. The number of hydrogen-bond donors (Lipinski definition) is 2. The van der Waals surface area contributed by atoms with Crippen LogP contribution in [0.15, 0.2) is 48.5 Å². The number of carbonyl (C=O) groups is 2. The van der Waals surface area contributed by atoms with Gasteiger partial charge in [0.15, 0.2) is 0 Å². The summed E-state index contributed by atoms with van der Waals surface area (Å²) in [7, 11) is 0. The van der Waals surface area contributed by atoms with Crippen LogP contribution in [0.2, 0.25) is 0 Å². The molecule has 25 heavy (non-hydrogen) atoms. The molecule has 2 aromatic carbocycles. The molecule has 2 N–H and O–H groups in total. The van der Waals surface area contributed by atoms with E-state index in [1.807, 2.05) is 18.2 Å². The summed E-state index contributed by atoms with van der Waals surface area (Å²) >= 11 is 0. The van der Waals surface area contributed by atoms with Gasteiger partial charge in [-0.2, -0.15) is 0 Å². The molecule has 1 aliphatic heterocycles. The van der Waals surface area contributed by atoms with Crippen molar-refractivity contribution in [1.29, 1.82) is 0 Å². The second-order valence-electron chi connectivity index (χ2n) is 5.95. The van der Waals surface area contributed by atoms with Crippen LogP contribution >= 0.6 is 0 Å². The van der Waals surface area contributed by atoms with Gasteiger partial charge in [-0.3, -0.25) is 4.79 Å². The van der Waals surface area contributed by atoms with Crippen LogP contribution in [-0.4, -0.2) is 29.9 Å². The summed E-state index contributed by atoms with van der Waals surface area (Å²) in [6, 6.07) is 13.9. The Labute approximate surface area is 145 Å². The van der Waals surface area contributed by atoms with Gasteiger partial charge >= 0.3 is 6.03 Å². The Morgan fingerprint density at radius 1 is 1.04 bits per heavy atom. The number of benzene rings is 2. The van der Waals surface area contributed by atoms with E-state index in [0.717, 1.165) is 12.0 Å². The van der Waals surface area contributed by atoms with Gasteiger partial charge in [-0.1, -0.05) is 36.4 Å². The fourth-order valence-electron chi connectivity index (χ4n) is 2.84. The van der Waals surface area contributed by atoms with Gasteiger partial charge in [0.2, 0.25) is 5.91 Å². The highest BCUT2D eigenvalue weighted by molar-refractivity contribution is 5.91. The number of carbonyl (C=O) groups excluding carboxylic acids is 2. The van der Waals surface area contributed by atoms with E-state index in [4.69, 9.17) is 0 Å². The van der Waals surface area contributed by atoms with Crippen LogP contribution in [0, 0.1) is 5.82 Å². The first-order valence-electron chi connectivity index (χ1n) is 8.27. The van der Waals surface area contributed by atoms with Crippen molar-refractivity contribution in [2.45, 2.75) is 19.4 Å². The lowest BCUT2D eigenvalue weighted by Crippen LogP contribution is -2.43. The molecule has 130 valence electrons. The minimum Gasteiger partial charge on any atom is -0.337 e. The van der Waals surface area contributed by atoms with Crippen molar-refractivity contribution in [3.05, 3.63) is 65.5 Å². The summed E-state index contributed by atoms with van der Waals surface area (Å²) < 4.78 is 13.5. The number of fused-ring (bicyclic) bond motifs is 1. The Kier molecular flexibility index (Phi) is 5.28. The third-order valence-corrected chi connectivity index (χ3v) is 4.19. The molecular formula is C19H20FN3O2. The average molecular weight is 341 g/mol. The molecule has 0 saturated heterocycles. The molecule has 0 bridgehead atoms. The Hall–Kier alpha value is -2.89. The van der Waals surface area contributed by atoms with Crippen LogP contribution in [0.4, 0.5) is 14.9 Å². The van der Waals surface area contributed by atoms with Crippen molar-refractivity contribution in [3.8, 4) is 0 Å². The summed E-state index contributed by atoms with van der Waals surface area (Å²) in [6.45, 7) is 1.44. The van der Waals surface area contributed by atoms with Crippen LogP contribution in [0.5, 0.6) is 0 Å². The number of hydrogen-bond acceptors (Lipinski definition) is 2. The summed E-state index contributed by atoms with van der Waals surface area (Å²) in [5, 5.41) is 5.24. The SMILES string of the molecule is O=C(CCNC(=O)N1CCc2ccccc2C1)Nc1ccccc1F. The largest absolute Gasteiger partial charge is 0.337 e. The molecule has 3 amide bonds. The first-order valence-corrected chi connectivity index (χ1v) is 8.27. The second kappa shape index (κ2) is 7.79. The first-order chi connectivity index (χ1) is 12.1. The number of nitrogens with one attached hydrogen (secondary N) is 2. The average Bonchev–Trinajstić information content (AvgIpc) is 2.63. The Balaban J connectivity index is 1.44. The minimum absolute atomic E-state index is 0.0878. The highest BCUT2D eigenvalue weighted by Gasteiger charge is 2.20. The predicted octanol–water partition coefficient (Wildman–Crippen LogP) is 2.92. The van der Waals surface area contributed by atoms with Crippen molar-refractivity contribution in [2.24, 2.45) is 0 Å². The maximum atomic E-state index is 13.5. The molecule has 3 rings (SSSR count). The molecule has 0 unspecified atom stereocenters. The van der Waals surface area contributed by atoms with E-state index >= 15 is 0 Å². The number of rotatable bonds is 4. The Morgan fingerprint density at radius 3 is 2.56 bits per heavy atom. The van der Waals surface area contributed by atoms with Crippen LogP contribution in [0.25, 0.3) is 0 Å². The highest BCUT2D eigenvalue weighted by atomic mass is 19.1. The van der Waals surface area contributed by atoms with Gasteiger partial charge in [-0.15, -0.1) is 0 Å². The molecule has 0 aromatic heterocycles. The number of anilines is 1. The molecular weight excluding hydrogens is 321 g/mol. The molecule has 5 nitrogen and oxygen atoms in total. The van der Waals surface area contributed by atoms with Crippen LogP contribution < -0.4 is 10.6 Å². The van der Waals surface area contributed by atoms with Gasteiger partial charge in [0.05, 0.1) is 5.69 Å². The number of urea groups is 1.